The van der Waals surface area contributed by atoms with Gasteiger partial charge in [0.1, 0.15) is 0 Å². The number of aliphatic hydroxyl groups is 1. The average molecular weight is 230 g/mol. The third kappa shape index (κ3) is 1.92. The van der Waals surface area contributed by atoms with Crippen molar-refractivity contribution in [3.05, 3.63) is 23.0 Å². The number of halogens is 1. The van der Waals surface area contributed by atoms with Gasteiger partial charge in [-0.2, -0.15) is 0 Å². The zero-order valence-corrected chi connectivity index (χ0v) is 8.69. The smallest absolute Gasteiger partial charge is 0.337 e. The maximum absolute atomic E-state index is 13.3. The third-order valence-corrected chi connectivity index (χ3v) is 2.24. The Kier molecular flexibility index (Phi) is 3.34. The number of carbonyl (C=O) groups is 1. The van der Waals surface area contributed by atoms with Gasteiger partial charge in [0.25, 0.3) is 0 Å². The van der Waals surface area contributed by atoms with Crippen LogP contribution in [0.25, 0.3) is 0 Å². The van der Waals surface area contributed by atoms with E-state index in [1.165, 1.54) is 14.0 Å². The molecule has 0 spiro atoms. The van der Waals surface area contributed by atoms with Gasteiger partial charge in [0.05, 0.1) is 7.11 Å². The van der Waals surface area contributed by atoms with Crippen LogP contribution in [0.3, 0.4) is 0 Å². The highest BCUT2D eigenvalue weighted by molar-refractivity contribution is 5.75. The van der Waals surface area contributed by atoms with Gasteiger partial charge in [-0.05, 0) is 13.0 Å². The minimum absolute atomic E-state index is 0.0631. The SMILES string of the molecule is COc1c(F)cc(C(O)C(=O)O)c(C)c1O. The molecule has 3 N–H and O–H groups in total. The highest BCUT2D eigenvalue weighted by Crippen LogP contribution is 2.36. The first-order valence-corrected chi connectivity index (χ1v) is 4.37. The molecular weight excluding hydrogens is 219 g/mol. The van der Waals surface area contributed by atoms with Crippen molar-refractivity contribution in [2.45, 2.75) is 13.0 Å². The van der Waals surface area contributed by atoms with Crippen LogP contribution in [-0.2, 0) is 4.79 Å². The second-order valence-electron chi connectivity index (χ2n) is 3.20. The molecule has 6 heteroatoms. The first kappa shape index (κ1) is 12.3. The predicted octanol–water partition coefficient (Wildman–Crippen LogP) is 0.966. The molecule has 0 aliphatic rings. The minimum atomic E-state index is -1.88. The molecule has 0 amide bonds. The molecule has 0 radical (unpaired) electrons. The van der Waals surface area contributed by atoms with Gasteiger partial charge >= 0.3 is 5.97 Å². The number of methoxy groups -OCH3 is 1. The van der Waals surface area contributed by atoms with E-state index >= 15 is 0 Å². The highest BCUT2D eigenvalue weighted by atomic mass is 19.1. The van der Waals surface area contributed by atoms with E-state index in [0.29, 0.717) is 0 Å². The summed E-state index contributed by atoms with van der Waals surface area (Å²) in [4.78, 5) is 10.5. The molecule has 0 saturated heterocycles. The van der Waals surface area contributed by atoms with Gasteiger partial charge in [0.2, 0.25) is 0 Å². The van der Waals surface area contributed by atoms with Gasteiger partial charge in [-0.15, -0.1) is 0 Å². The topological polar surface area (TPSA) is 87.0 Å². The molecule has 1 rings (SSSR count). The zero-order chi connectivity index (χ0) is 12.5. The fourth-order valence-electron chi connectivity index (χ4n) is 1.34. The summed E-state index contributed by atoms with van der Waals surface area (Å²) >= 11 is 0. The summed E-state index contributed by atoms with van der Waals surface area (Å²) in [5, 5.41) is 27.4. The summed E-state index contributed by atoms with van der Waals surface area (Å²) < 4.78 is 17.9. The Labute approximate surface area is 90.7 Å². The van der Waals surface area contributed by atoms with Crippen LogP contribution in [0.1, 0.15) is 17.2 Å². The number of ether oxygens (including phenoxy) is 1. The van der Waals surface area contributed by atoms with Crippen LogP contribution in [0, 0.1) is 12.7 Å². The fraction of sp³-hybridized carbons (Fsp3) is 0.300. The maximum atomic E-state index is 13.3. The molecule has 0 aliphatic carbocycles. The molecular formula is C10H11FO5. The van der Waals surface area contributed by atoms with Crippen LogP contribution in [0.15, 0.2) is 6.07 Å². The monoisotopic (exact) mass is 230 g/mol. The Morgan fingerprint density at radius 3 is 2.56 bits per heavy atom. The van der Waals surface area contributed by atoms with Crippen molar-refractivity contribution >= 4 is 5.97 Å². The van der Waals surface area contributed by atoms with Crippen molar-refractivity contribution in [3.8, 4) is 11.5 Å². The van der Waals surface area contributed by atoms with E-state index < -0.39 is 23.6 Å². The lowest BCUT2D eigenvalue weighted by atomic mass is 10.0. The minimum Gasteiger partial charge on any atom is -0.504 e. The standard InChI is InChI=1S/C10H11FO5/c1-4-5(8(13)10(14)15)3-6(11)9(16-2)7(4)12/h3,8,12-13H,1-2H3,(H,14,15). The van der Waals surface area contributed by atoms with Gasteiger partial charge < -0.3 is 20.1 Å². The molecule has 88 valence electrons. The third-order valence-electron chi connectivity index (χ3n) is 2.24. The van der Waals surface area contributed by atoms with Crippen molar-refractivity contribution in [1.29, 1.82) is 0 Å². The van der Waals surface area contributed by atoms with Gasteiger partial charge in [-0.1, -0.05) is 0 Å². The Balaban J connectivity index is 3.39. The molecule has 0 heterocycles. The van der Waals surface area contributed by atoms with Crippen LogP contribution in [0.2, 0.25) is 0 Å². The van der Waals surface area contributed by atoms with Gasteiger partial charge in [-0.25, -0.2) is 9.18 Å². The van der Waals surface area contributed by atoms with Gasteiger partial charge in [0.15, 0.2) is 23.4 Å². The molecule has 1 unspecified atom stereocenters. The average Bonchev–Trinajstić information content (AvgIpc) is 2.23. The zero-order valence-electron chi connectivity index (χ0n) is 8.69. The number of carboxylic acid groups (broad SMARTS) is 1. The molecule has 1 aromatic carbocycles. The number of phenols is 1. The quantitative estimate of drug-likeness (QED) is 0.720. The summed E-state index contributed by atoms with van der Waals surface area (Å²) in [6.45, 7) is 1.36. The number of benzene rings is 1. The summed E-state index contributed by atoms with van der Waals surface area (Å²) in [5.74, 6) is -3.34. The van der Waals surface area contributed by atoms with E-state index in [4.69, 9.17) is 5.11 Å². The number of hydrogen-bond donors (Lipinski definition) is 3. The number of rotatable bonds is 3. The molecule has 0 aliphatic heterocycles. The summed E-state index contributed by atoms with van der Waals surface area (Å²) in [6, 6.07) is 0.826. The van der Waals surface area contributed by atoms with Crippen LogP contribution >= 0.6 is 0 Å². The molecule has 16 heavy (non-hydrogen) atoms. The van der Waals surface area contributed by atoms with Crippen LogP contribution in [0.4, 0.5) is 4.39 Å². The van der Waals surface area contributed by atoms with Gasteiger partial charge in [0, 0.05) is 11.1 Å². The Morgan fingerprint density at radius 2 is 2.12 bits per heavy atom. The lowest BCUT2D eigenvalue weighted by Gasteiger charge is -2.14. The van der Waals surface area contributed by atoms with Crippen molar-refractivity contribution < 1.29 is 29.2 Å². The number of aromatic hydroxyl groups is 1. The van der Waals surface area contributed by atoms with Crippen molar-refractivity contribution in [2.75, 3.05) is 7.11 Å². The first-order chi connectivity index (χ1) is 7.40. The maximum Gasteiger partial charge on any atom is 0.337 e. The van der Waals surface area contributed by atoms with Crippen molar-refractivity contribution in [2.24, 2.45) is 0 Å². The lowest BCUT2D eigenvalue weighted by Crippen LogP contribution is -2.12. The number of hydrogen-bond acceptors (Lipinski definition) is 4. The molecule has 1 aromatic rings. The molecule has 0 aromatic heterocycles. The molecule has 0 fully saturated rings. The van der Waals surface area contributed by atoms with Crippen LogP contribution < -0.4 is 4.74 Å². The number of phenolic OH excluding ortho intramolecular Hbond substituents is 1. The van der Waals surface area contributed by atoms with Crippen molar-refractivity contribution in [1.82, 2.24) is 0 Å². The molecule has 0 saturated carbocycles. The van der Waals surface area contributed by atoms with Crippen LogP contribution in [-0.4, -0.2) is 28.4 Å². The van der Waals surface area contributed by atoms with E-state index in [-0.39, 0.29) is 16.9 Å². The Bertz CT molecular complexity index is 430. The van der Waals surface area contributed by atoms with E-state index in [1.807, 2.05) is 0 Å². The van der Waals surface area contributed by atoms with E-state index in [2.05, 4.69) is 4.74 Å². The molecule has 0 bridgehead atoms. The molecule has 1 atom stereocenters. The predicted molar refractivity (Wildman–Crippen MR) is 51.9 cm³/mol. The Morgan fingerprint density at radius 1 is 1.56 bits per heavy atom. The lowest BCUT2D eigenvalue weighted by molar-refractivity contribution is -0.147. The van der Waals surface area contributed by atoms with Crippen molar-refractivity contribution in [3.63, 3.8) is 0 Å². The second kappa shape index (κ2) is 4.36. The second-order valence-corrected chi connectivity index (χ2v) is 3.20. The highest BCUT2D eigenvalue weighted by Gasteiger charge is 2.24. The number of carboxylic acids is 1. The van der Waals surface area contributed by atoms with E-state index in [1.54, 1.807) is 0 Å². The van der Waals surface area contributed by atoms with E-state index in [0.717, 1.165) is 6.07 Å². The Hall–Kier alpha value is -1.82. The van der Waals surface area contributed by atoms with Crippen LogP contribution in [0.5, 0.6) is 11.5 Å². The summed E-state index contributed by atoms with van der Waals surface area (Å²) in [5.41, 5.74) is -0.142. The first-order valence-electron chi connectivity index (χ1n) is 4.37. The fourth-order valence-corrected chi connectivity index (χ4v) is 1.34. The largest absolute Gasteiger partial charge is 0.504 e. The number of aliphatic carboxylic acids is 1. The molecule has 5 nitrogen and oxygen atoms in total. The number of aliphatic hydroxyl groups excluding tert-OH is 1. The summed E-state index contributed by atoms with van der Waals surface area (Å²) in [6.07, 6.45) is -1.88. The van der Waals surface area contributed by atoms with E-state index in [9.17, 15) is 19.4 Å². The van der Waals surface area contributed by atoms with Gasteiger partial charge in [-0.3, -0.25) is 0 Å². The normalized spacial score (nSPS) is 12.2. The summed E-state index contributed by atoms with van der Waals surface area (Å²) in [7, 11) is 1.17.